The fourth-order valence-electron chi connectivity index (χ4n) is 0.766. The topological polar surface area (TPSA) is 26.0 Å². The summed E-state index contributed by atoms with van der Waals surface area (Å²) >= 11 is 0. The van der Waals surface area contributed by atoms with Gasteiger partial charge in [-0.2, -0.15) is 0 Å². The monoisotopic (exact) mass is 217 g/mol. The third-order valence-electron chi connectivity index (χ3n) is 1.40. The first-order chi connectivity index (χ1) is 5.41. The quantitative estimate of drug-likeness (QED) is 0.344. The zero-order valence-corrected chi connectivity index (χ0v) is 10.0. The van der Waals surface area contributed by atoms with E-state index >= 15 is 0 Å². The molecular formula is C6H5BF4KN. The van der Waals surface area contributed by atoms with Crippen molar-refractivity contribution in [3.63, 3.8) is 0 Å². The maximum absolute atomic E-state index is 12.4. The van der Waals surface area contributed by atoms with E-state index in [1.807, 2.05) is 0 Å². The van der Waals surface area contributed by atoms with Crippen LogP contribution in [-0.2, 0) is 0 Å². The minimum Gasteiger partial charge on any atom is -0.445 e. The third kappa shape index (κ3) is 3.59. The first kappa shape index (κ1) is 13.4. The summed E-state index contributed by atoms with van der Waals surface area (Å²) in [6.45, 7) is -5.08. The van der Waals surface area contributed by atoms with Crippen molar-refractivity contribution in [3.05, 3.63) is 24.0 Å². The Balaban J connectivity index is 0.00000144. The summed E-state index contributed by atoms with van der Waals surface area (Å²) in [6, 6.07) is 1.97. The second-order valence-electron chi connectivity index (χ2n) is 2.36. The van der Waals surface area contributed by atoms with Crippen LogP contribution in [0.1, 0.15) is 0 Å². The molecule has 1 rings (SSSR count). The van der Waals surface area contributed by atoms with E-state index in [0.717, 1.165) is 0 Å². The number of nitrogen functional groups attached to an aromatic ring is 1. The van der Waals surface area contributed by atoms with Crippen LogP contribution in [0.4, 0.5) is 23.0 Å². The Bertz CT molecular complexity index is 301. The van der Waals surface area contributed by atoms with E-state index < -0.39 is 23.9 Å². The summed E-state index contributed by atoms with van der Waals surface area (Å²) in [5.41, 5.74) is 3.59. The number of benzene rings is 1. The smallest absolute Gasteiger partial charge is 0.445 e. The molecule has 0 atom stereocenters. The van der Waals surface area contributed by atoms with Crippen LogP contribution in [0.2, 0.25) is 0 Å². The summed E-state index contributed by atoms with van der Waals surface area (Å²) in [7, 11) is 0. The number of anilines is 1. The molecule has 0 aliphatic heterocycles. The van der Waals surface area contributed by atoms with Gasteiger partial charge in [0.2, 0.25) is 0 Å². The fourth-order valence-corrected chi connectivity index (χ4v) is 0.766. The maximum atomic E-state index is 12.4. The van der Waals surface area contributed by atoms with Crippen LogP contribution in [-0.4, -0.2) is 6.98 Å². The molecule has 0 unspecified atom stereocenters. The second-order valence-corrected chi connectivity index (χ2v) is 2.36. The van der Waals surface area contributed by atoms with Crippen LogP contribution < -0.4 is 62.6 Å². The van der Waals surface area contributed by atoms with Gasteiger partial charge in [0.25, 0.3) is 0 Å². The summed E-state index contributed by atoms with van der Waals surface area (Å²) in [5, 5.41) is 0. The van der Waals surface area contributed by atoms with Crippen LogP contribution in [0.3, 0.4) is 0 Å². The molecule has 0 radical (unpaired) electrons. The molecule has 0 aliphatic carbocycles. The zero-order chi connectivity index (χ0) is 9.35. The number of nitrogens with two attached hydrogens (primary N) is 1. The van der Waals surface area contributed by atoms with Crippen molar-refractivity contribution in [3.8, 4) is 0 Å². The number of hydrogen-bond donors (Lipinski definition) is 1. The van der Waals surface area contributed by atoms with Gasteiger partial charge in [0.05, 0.1) is 5.69 Å². The molecule has 0 aliphatic rings. The predicted molar refractivity (Wildman–Crippen MR) is 39.5 cm³/mol. The number of hydrogen-bond acceptors (Lipinski definition) is 1. The van der Waals surface area contributed by atoms with Gasteiger partial charge in [0.1, 0.15) is 5.82 Å². The van der Waals surface area contributed by atoms with Crippen molar-refractivity contribution in [2.45, 2.75) is 0 Å². The van der Waals surface area contributed by atoms with E-state index in [4.69, 9.17) is 5.73 Å². The summed E-state index contributed by atoms with van der Waals surface area (Å²) in [4.78, 5) is 0. The molecule has 1 aromatic carbocycles. The zero-order valence-electron chi connectivity index (χ0n) is 6.90. The van der Waals surface area contributed by atoms with E-state index in [0.29, 0.717) is 18.2 Å². The van der Waals surface area contributed by atoms with Crippen LogP contribution >= 0.6 is 0 Å². The van der Waals surface area contributed by atoms with Crippen molar-refractivity contribution in [1.82, 2.24) is 0 Å². The molecule has 1 nitrogen and oxygen atoms in total. The Hall–Kier alpha value is 0.441. The van der Waals surface area contributed by atoms with Crippen molar-refractivity contribution in [1.29, 1.82) is 0 Å². The molecule has 7 heteroatoms. The predicted octanol–water partition coefficient (Wildman–Crippen LogP) is -1.53. The van der Waals surface area contributed by atoms with Gasteiger partial charge in [-0.3, -0.25) is 0 Å². The largest absolute Gasteiger partial charge is 1.00 e. The number of rotatable bonds is 1. The standard InChI is InChI=1S/C6H5BF4N.K/c8-5-2-1-4(3-6(5)12)7(9,10)11;/h1-3H,12H2;/q-1;+1. The first-order valence-electron chi connectivity index (χ1n) is 3.16. The molecule has 0 spiro atoms. The van der Waals surface area contributed by atoms with E-state index in [1.54, 1.807) is 0 Å². The molecule has 0 saturated carbocycles. The second kappa shape index (κ2) is 4.79. The average molecular weight is 217 g/mol. The minimum absolute atomic E-state index is 0. The Morgan fingerprint density at radius 2 is 1.69 bits per heavy atom. The molecule has 0 fully saturated rings. The van der Waals surface area contributed by atoms with Gasteiger partial charge in [-0.05, 0) is 6.07 Å². The molecule has 66 valence electrons. The van der Waals surface area contributed by atoms with Crippen molar-refractivity contribution in [2.24, 2.45) is 0 Å². The van der Waals surface area contributed by atoms with E-state index in [-0.39, 0.29) is 51.4 Å². The fraction of sp³-hybridized carbons (Fsp3) is 0. The summed E-state index contributed by atoms with van der Waals surface area (Å²) in [6.07, 6.45) is 0. The molecule has 0 heterocycles. The van der Waals surface area contributed by atoms with Crippen molar-refractivity contribution >= 4 is 18.1 Å². The van der Waals surface area contributed by atoms with Crippen molar-refractivity contribution < 1.29 is 68.7 Å². The van der Waals surface area contributed by atoms with Gasteiger partial charge in [-0.15, -0.1) is 5.46 Å². The molecule has 1 aromatic rings. The maximum Gasteiger partial charge on any atom is 1.00 e. The normalized spacial score (nSPS) is 10.8. The molecular weight excluding hydrogens is 212 g/mol. The molecule has 0 bridgehead atoms. The van der Waals surface area contributed by atoms with Gasteiger partial charge in [-0.25, -0.2) is 4.39 Å². The Kier molecular flexibility index (Phi) is 4.95. The summed E-state index contributed by atoms with van der Waals surface area (Å²) in [5.74, 6) is -0.834. The molecule has 2 N–H and O–H groups in total. The summed E-state index contributed by atoms with van der Waals surface area (Å²) < 4.78 is 48.4. The molecule has 13 heavy (non-hydrogen) atoms. The Labute approximate surface area is 115 Å². The van der Waals surface area contributed by atoms with Crippen molar-refractivity contribution in [2.75, 3.05) is 5.73 Å². The average Bonchev–Trinajstić information content (AvgIpc) is 1.92. The number of halogens is 4. The Morgan fingerprint density at radius 1 is 1.15 bits per heavy atom. The van der Waals surface area contributed by atoms with E-state index in [2.05, 4.69) is 0 Å². The molecule has 0 saturated heterocycles. The van der Waals surface area contributed by atoms with Crippen LogP contribution in [0.25, 0.3) is 0 Å². The van der Waals surface area contributed by atoms with Gasteiger partial charge >= 0.3 is 58.4 Å². The first-order valence-corrected chi connectivity index (χ1v) is 3.16. The third-order valence-corrected chi connectivity index (χ3v) is 1.40. The Morgan fingerprint density at radius 3 is 2.08 bits per heavy atom. The molecule has 0 aromatic heterocycles. The van der Waals surface area contributed by atoms with Crippen LogP contribution in [0.5, 0.6) is 0 Å². The van der Waals surface area contributed by atoms with Gasteiger partial charge in [0.15, 0.2) is 0 Å². The van der Waals surface area contributed by atoms with Gasteiger partial charge in [0, 0.05) is 0 Å². The van der Waals surface area contributed by atoms with Gasteiger partial charge in [-0.1, -0.05) is 12.1 Å². The van der Waals surface area contributed by atoms with Crippen LogP contribution in [0, 0.1) is 5.82 Å². The van der Waals surface area contributed by atoms with E-state index in [9.17, 15) is 17.3 Å². The SMILES string of the molecule is Nc1cc([B-](F)(F)F)ccc1F.[K+]. The molecule has 0 amide bonds. The minimum atomic E-state index is -5.08. The van der Waals surface area contributed by atoms with Gasteiger partial charge < -0.3 is 18.7 Å². The van der Waals surface area contributed by atoms with Crippen LogP contribution in [0.15, 0.2) is 18.2 Å². The van der Waals surface area contributed by atoms with E-state index in [1.165, 1.54) is 0 Å².